The molecule has 0 aliphatic rings. The number of hydrogen-bond acceptors (Lipinski definition) is 4. The molecular formula is C18H14N4O. The first kappa shape index (κ1) is 13.3. The molecule has 0 bridgehead atoms. The molecule has 5 nitrogen and oxygen atoms in total. The van der Waals surface area contributed by atoms with Crippen molar-refractivity contribution < 1.29 is 5.11 Å². The lowest BCUT2D eigenvalue weighted by molar-refractivity contribution is 0.475. The molecule has 0 radical (unpaired) electrons. The smallest absolute Gasteiger partial charge is 0.180 e. The van der Waals surface area contributed by atoms with Gasteiger partial charge in [-0.1, -0.05) is 18.2 Å². The van der Waals surface area contributed by atoms with Crippen LogP contribution in [0.25, 0.3) is 16.9 Å². The first-order valence-corrected chi connectivity index (χ1v) is 7.25. The SMILES string of the molecule is Oc1ccc(-c2cn3ccnc3c(Nc3ccccc3)n2)cc1. The van der Waals surface area contributed by atoms with Crippen LogP contribution in [0.4, 0.5) is 11.5 Å². The van der Waals surface area contributed by atoms with Crippen LogP contribution in [0.2, 0.25) is 0 Å². The molecule has 4 aromatic rings. The number of anilines is 2. The predicted molar refractivity (Wildman–Crippen MR) is 89.8 cm³/mol. The zero-order valence-corrected chi connectivity index (χ0v) is 12.2. The minimum atomic E-state index is 0.236. The number of nitrogens with one attached hydrogen (secondary N) is 1. The number of imidazole rings is 1. The summed E-state index contributed by atoms with van der Waals surface area (Å²) in [4.78, 5) is 9.05. The molecule has 0 saturated heterocycles. The maximum absolute atomic E-state index is 9.44. The van der Waals surface area contributed by atoms with E-state index in [1.165, 1.54) is 0 Å². The lowest BCUT2D eigenvalue weighted by Gasteiger charge is -2.10. The number of aromatic nitrogens is 3. The Morgan fingerprint density at radius 2 is 1.74 bits per heavy atom. The number of rotatable bonds is 3. The normalized spacial score (nSPS) is 10.8. The molecule has 2 aromatic carbocycles. The number of phenolic OH excluding ortho intramolecular Hbond substituents is 1. The molecule has 0 atom stereocenters. The second-order valence-electron chi connectivity index (χ2n) is 5.17. The summed E-state index contributed by atoms with van der Waals surface area (Å²) in [5, 5.41) is 12.8. The summed E-state index contributed by atoms with van der Waals surface area (Å²) >= 11 is 0. The van der Waals surface area contributed by atoms with E-state index >= 15 is 0 Å². The van der Waals surface area contributed by atoms with E-state index in [0.717, 1.165) is 22.6 Å². The fourth-order valence-electron chi connectivity index (χ4n) is 2.45. The molecule has 112 valence electrons. The van der Waals surface area contributed by atoms with Crippen LogP contribution in [0.15, 0.2) is 73.2 Å². The monoisotopic (exact) mass is 302 g/mol. The molecule has 0 aliphatic heterocycles. The van der Waals surface area contributed by atoms with E-state index in [-0.39, 0.29) is 5.75 Å². The minimum absolute atomic E-state index is 0.236. The molecule has 0 spiro atoms. The molecule has 0 aliphatic carbocycles. The Kier molecular flexibility index (Phi) is 3.16. The van der Waals surface area contributed by atoms with Gasteiger partial charge in [0.05, 0.1) is 5.69 Å². The number of hydrogen-bond donors (Lipinski definition) is 2. The first-order chi connectivity index (χ1) is 11.3. The summed E-state index contributed by atoms with van der Waals surface area (Å²) < 4.78 is 1.93. The Hall–Kier alpha value is -3.34. The fraction of sp³-hybridized carbons (Fsp3) is 0. The third-order valence-electron chi connectivity index (χ3n) is 3.57. The predicted octanol–water partition coefficient (Wildman–Crippen LogP) is 3.85. The van der Waals surface area contributed by atoms with Crippen molar-refractivity contribution in [2.45, 2.75) is 0 Å². The molecule has 2 heterocycles. The van der Waals surface area contributed by atoms with Gasteiger partial charge in [-0.25, -0.2) is 9.97 Å². The maximum atomic E-state index is 9.44. The molecule has 0 fully saturated rings. The quantitative estimate of drug-likeness (QED) is 0.603. The largest absolute Gasteiger partial charge is 0.508 e. The van der Waals surface area contributed by atoms with E-state index in [1.54, 1.807) is 18.3 Å². The summed E-state index contributed by atoms with van der Waals surface area (Å²) in [5.41, 5.74) is 3.44. The van der Waals surface area contributed by atoms with Crippen LogP contribution in [0.1, 0.15) is 0 Å². The van der Waals surface area contributed by atoms with Gasteiger partial charge < -0.3 is 14.8 Å². The van der Waals surface area contributed by atoms with Gasteiger partial charge in [0.15, 0.2) is 11.5 Å². The summed E-state index contributed by atoms with van der Waals surface area (Å²) in [5.74, 6) is 0.923. The van der Waals surface area contributed by atoms with Crippen LogP contribution in [0, 0.1) is 0 Å². The van der Waals surface area contributed by atoms with Gasteiger partial charge >= 0.3 is 0 Å². The number of nitrogens with zero attached hydrogens (tertiary/aromatic N) is 3. The van der Waals surface area contributed by atoms with Crippen LogP contribution >= 0.6 is 0 Å². The number of phenols is 1. The molecule has 0 unspecified atom stereocenters. The zero-order chi connectivity index (χ0) is 15.6. The van der Waals surface area contributed by atoms with Gasteiger partial charge in [-0.3, -0.25) is 0 Å². The number of aromatic hydroxyl groups is 1. The highest BCUT2D eigenvalue weighted by Gasteiger charge is 2.09. The van der Waals surface area contributed by atoms with E-state index in [1.807, 2.05) is 59.3 Å². The first-order valence-electron chi connectivity index (χ1n) is 7.25. The zero-order valence-electron chi connectivity index (χ0n) is 12.2. The molecule has 0 saturated carbocycles. The topological polar surface area (TPSA) is 62.5 Å². The molecule has 5 heteroatoms. The van der Waals surface area contributed by atoms with Crippen LogP contribution in [0.3, 0.4) is 0 Å². The number of benzene rings is 2. The summed E-state index contributed by atoms with van der Waals surface area (Å²) in [6.07, 6.45) is 5.55. The van der Waals surface area contributed by atoms with Crippen molar-refractivity contribution in [3.63, 3.8) is 0 Å². The van der Waals surface area contributed by atoms with Crippen molar-refractivity contribution in [1.82, 2.24) is 14.4 Å². The van der Waals surface area contributed by atoms with Gasteiger partial charge in [-0.2, -0.15) is 0 Å². The van der Waals surface area contributed by atoms with Crippen molar-refractivity contribution in [2.24, 2.45) is 0 Å². The highest BCUT2D eigenvalue weighted by Crippen LogP contribution is 2.25. The Bertz CT molecular complexity index is 946. The van der Waals surface area contributed by atoms with Crippen LogP contribution in [0.5, 0.6) is 5.75 Å². The van der Waals surface area contributed by atoms with Gasteiger partial charge in [0.1, 0.15) is 5.75 Å². The molecule has 2 N–H and O–H groups in total. The second kappa shape index (κ2) is 5.46. The van der Waals surface area contributed by atoms with E-state index in [9.17, 15) is 5.11 Å². The average molecular weight is 302 g/mol. The van der Waals surface area contributed by atoms with Gasteiger partial charge in [0.2, 0.25) is 0 Å². The Morgan fingerprint density at radius 1 is 0.957 bits per heavy atom. The average Bonchev–Trinajstić information content (AvgIpc) is 3.05. The van der Waals surface area contributed by atoms with Gasteiger partial charge in [0.25, 0.3) is 0 Å². The van der Waals surface area contributed by atoms with Crippen LogP contribution in [-0.2, 0) is 0 Å². The fourth-order valence-corrected chi connectivity index (χ4v) is 2.45. The standard InChI is InChI=1S/C18H14N4O/c23-15-8-6-13(7-9-15)16-12-22-11-10-19-18(22)17(21-16)20-14-4-2-1-3-5-14/h1-12,23H,(H,20,21). The summed E-state index contributed by atoms with van der Waals surface area (Å²) in [6.45, 7) is 0. The highest BCUT2D eigenvalue weighted by molar-refractivity contribution is 5.73. The number of fused-ring (bicyclic) bond motifs is 1. The van der Waals surface area contributed by atoms with Gasteiger partial charge in [0, 0.05) is 29.8 Å². The summed E-state index contributed by atoms with van der Waals surface area (Å²) in [7, 11) is 0. The van der Waals surface area contributed by atoms with Crippen molar-refractivity contribution in [2.75, 3.05) is 5.32 Å². The maximum Gasteiger partial charge on any atom is 0.180 e. The van der Waals surface area contributed by atoms with Crippen LogP contribution in [-0.4, -0.2) is 19.5 Å². The third-order valence-corrected chi connectivity index (χ3v) is 3.57. The van der Waals surface area contributed by atoms with Crippen molar-refractivity contribution in [1.29, 1.82) is 0 Å². The molecule has 0 amide bonds. The molecule has 23 heavy (non-hydrogen) atoms. The highest BCUT2D eigenvalue weighted by atomic mass is 16.3. The molecule has 4 rings (SSSR count). The van der Waals surface area contributed by atoms with Gasteiger partial charge in [-0.05, 0) is 36.4 Å². The lowest BCUT2D eigenvalue weighted by atomic mass is 10.1. The Balaban J connectivity index is 1.82. The second-order valence-corrected chi connectivity index (χ2v) is 5.17. The van der Waals surface area contributed by atoms with E-state index < -0.39 is 0 Å². The third kappa shape index (κ3) is 2.60. The van der Waals surface area contributed by atoms with Crippen molar-refractivity contribution >= 4 is 17.2 Å². The molecular weight excluding hydrogens is 288 g/mol. The Labute approximate surface area is 132 Å². The van der Waals surface area contributed by atoms with E-state index in [4.69, 9.17) is 4.98 Å². The van der Waals surface area contributed by atoms with Crippen molar-refractivity contribution in [3.05, 3.63) is 73.2 Å². The minimum Gasteiger partial charge on any atom is -0.508 e. The van der Waals surface area contributed by atoms with Crippen LogP contribution < -0.4 is 5.32 Å². The van der Waals surface area contributed by atoms with Crippen molar-refractivity contribution in [3.8, 4) is 17.0 Å². The molecule has 2 aromatic heterocycles. The van der Waals surface area contributed by atoms with E-state index in [2.05, 4.69) is 10.3 Å². The number of para-hydroxylation sites is 1. The van der Waals surface area contributed by atoms with Gasteiger partial charge in [-0.15, -0.1) is 0 Å². The van der Waals surface area contributed by atoms with E-state index in [0.29, 0.717) is 5.82 Å². The summed E-state index contributed by atoms with van der Waals surface area (Å²) in [6, 6.07) is 16.8. The Morgan fingerprint density at radius 3 is 2.52 bits per heavy atom. The lowest BCUT2D eigenvalue weighted by Crippen LogP contribution is -2.00.